The van der Waals surface area contributed by atoms with Gasteiger partial charge in [-0.15, -0.1) is 0 Å². The lowest BCUT2D eigenvalue weighted by molar-refractivity contribution is 0.296. The van der Waals surface area contributed by atoms with Crippen LogP contribution in [0.5, 0.6) is 5.75 Å². The van der Waals surface area contributed by atoms with Gasteiger partial charge in [0.2, 0.25) is 0 Å². The molecule has 2 aromatic rings. The van der Waals surface area contributed by atoms with E-state index in [0.717, 1.165) is 5.56 Å². The SMILES string of the molecule is N#Cc1ccc(F)c(COc2ccccc2CCN)c1. The minimum atomic E-state index is -0.375. The van der Waals surface area contributed by atoms with Gasteiger partial charge in [-0.05, 0) is 42.8 Å². The van der Waals surface area contributed by atoms with E-state index in [4.69, 9.17) is 15.7 Å². The van der Waals surface area contributed by atoms with Crippen molar-refractivity contribution < 1.29 is 9.13 Å². The van der Waals surface area contributed by atoms with Crippen molar-refractivity contribution in [1.29, 1.82) is 5.26 Å². The Labute approximate surface area is 117 Å². The molecule has 0 radical (unpaired) electrons. The zero-order valence-corrected chi connectivity index (χ0v) is 11.0. The largest absolute Gasteiger partial charge is 0.489 e. The first-order valence-electron chi connectivity index (χ1n) is 6.34. The van der Waals surface area contributed by atoms with Gasteiger partial charge in [0, 0.05) is 5.56 Å². The van der Waals surface area contributed by atoms with E-state index < -0.39 is 0 Å². The van der Waals surface area contributed by atoms with E-state index in [1.807, 2.05) is 30.3 Å². The number of nitriles is 1. The average Bonchev–Trinajstić information content (AvgIpc) is 2.48. The maximum absolute atomic E-state index is 13.6. The van der Waals surface area contributed by atoms with Crippen molar-refractivity contribution in [3.8, 4) is 11.8 Å². The highest BCUT2D eigenvalue weighted by atomic mass is 19.1. The zero-order valence-electron chi connectivity index (χ0n) is 11.0. The Morgan fingerprint density at radius 2 is 1.95 bits per heavy atom. The quantitative estimate of drug-likeness (QED) is 0.908. The third kappa shape index (κ3) is 3.34. The normalized spacial score (nSPS) is 10.1. The molecule has 4 heteroatoms. The van der Waals surface area contributed by atoms with Gasteiger partial charge in [0.1, 0.15) is 18.2 Å². The summed E-state index contributed by atoms with van der Waals surface area (Å²) < 4.78 is 19.3. The molecule has 0 saturated heterocycles. The number of benzene rings is 2. The van der Waals surface area contributed by atoms with E-state index >= 15 is 0 Å². The molecule has 20 heavy (non-hydrogen) atoms. The van der Waals surface area contributed by atoms with Gasteiger partial charge in [-0.25, -0.2) is 4.39 Å². The fourth-order valence-corrected chi connectivity index (χ4v) is 1.92. The van der Waals surface area contributed by atoms with Crippen LogP contribution >= 0.6 is 0 Å². The molecule has 0 fully saturated rings. The van der Waals surface area contributed by atoms with Gasteiger partial charge in [-0.1, -0.05) is 18.2 Å². The van der Waals surface area contributed by atoms with Crippen LogP contribution in [0.1, 0.15) is 16.7 Å². The first-order chi connectivity index (χ1) is 9.74. The molecule has 0 spiro atoms. The number of rotatable bonds is 5. The summed E-state index contributed by atoms with van der Waals surface area (Å²) in [6, 6.07) is 13.7. The van der Waals surface area contributed by atoms with Crippen molar-refractivity contribution in [2.75, 3.05) is 6.54 Å². The first kappa shape index (κ1) is 14.0. The molecule has 2 rings (SSSR count). The molecule has 0 aliphatic heterocycles. The summed E-state index contributed by atoms with van der Waals surface area (Å²) in [6.45, 7) is 0.613. The van der Waals surface area contributed by atoms with Crippen molar-refractivity contribution in [3.05, 3.63) is 65.0 Å². The van der Waals surface area contributed by atoms with E-state index in [2.05, 4.69) is 0 Å². The summed E-state index contributed by atoms with van der Waals surface area (Å²) in [5, 5.41) is 8.83. The summed E-state index contributed by atoms with van der Waals surface area (Å²) in [7, 11) is 0. The highest BCUT2D eigenvalue weighted by Gasteiger charge is 2.07. The van der Waals surface area contributed by atoms with Gasteiger partial charge < -0.3 is 10.5 Å². The summed E-state index contributed by atoms with van der Waals surface area (Å²) in [5.74, 6) is 0.319. The van der Waals surface area contributed by atoms with Crippen molar-refractivity contribution in [3.63, 3.8) is 0 Å². The van der Waals surface area contributed by atoms with E-state index in [1.54, 1.807) is 0 Å². The van der Waals surface area contributed by atoms with Crippen LogP contribution in [-0.4, -0.2) is 6.54 Å². The molecule has 2 aromatic carbocycles. The Bertz CT molecular complexity index is 635. The van der Waals surface area contributed by atoms with Crippen LogP contribution < -0.4 is 10.5 Å². The van der Waals surface area contributed by atoms with Crippen LogP contribution in [0.3, 0.4) is 0 Å². The van der Waals surface area contributed by atoms with E-state index in [1.165, 1.54) is 18.2 Å². The lowest BCUT2D eigenvalue weighted by Gasteiger charge is -2.11. The second-order valence-electron chi connectivity index (χ2n) is 4.35. The van der Waals surface area contributed by atoms with E-state index in [-0.39, 0.29) is 12.4 Å². The molecule has 2 N–H and O–H groups in total. The van der Waals surface area contributed by atoms with Crippen LogP contribution in [-0.2, 0) is 13.0 Å². The number of nitrogens with zero attached hydrogens (tertiary/aromatic N) is 1. The van der Waals surface area contributed by atoms with Gasteiger partial charge in [0.25, 0.3) is 0 Å². The Balaban J connectivity index is 2.15. The highest BCUT2D eigenvalue weighted by molar-refractivity contribution is 5.36. The molecular weight excluding hydrogens is 255 g/mol. The molecule has 0 atom stereocenters. The molecule has 0 amide bonds. The van der Waals surface area contributed by atoms with Gasteiger partial charge >= 0.3 is 0 Å². The lowest BCUT2D eigenvalue weighted by Crippen LogP contribution is -2.06. The summed E-state index contributed by atoms with van der Waals surface area (Å²) >= 11 is 0. The third-order valence-electron chi connectivity index (χ3n) is 2.94. The van der Waals surface area contributed by atoms with Crippen LogP contribution in [0, 0.1) is 17.1 Å². The number of hydrogen-bond acceptors (Lipinski definition) is 3. The second kappa shape index (κ2) is 6.69. The average molecular weight is 270 g/mol. The molecule has 0 unspecified atom stereocenters. The van der Waals surface area contributed by atoms with Crippen LogP contribution in [0.4, 0.5) is 4.39 Å². The highest BCUT2D eigenvalue weighted by Crippen LogP contribution is 2.20. The number of nitrogens with two attached hydrogens (primary N) is 1. The van der Waals surface area contributed by atoms with Crippen molar-refractivity contribution in [2.24, 2.45) is 5.73 Å². The van der Waals surface area contributed by atoms with Crippen molar-refractivity contribution in [1.82, 2.24) is 0 Å². The second-order valence-corrected chi connectivity index (χ2v) is 4.35. The topological polar surface area (TPSA) is 59.0 Å². The Hall–Kier alpha value is -2.38. The molecule has 0 aromatic heterocycles. The van der Waals surface area contributed by atoms with Gasteiger partial charge in [-0.2, -0.15) is 5.26 Å². The predicted molar refractivity (Wildman–Crippen MR) is 74.6 cm³/mol. The lowest BCUT2D eigenvalue weighted by atomic mass is 10.1. The van der Waals surface area contributed by atoms with Crippen LogP contribution in [0.2, 0.25) is 0 Å². The minimum Gasteiger partial charge on any atom is -0.489 e. The third-order valence-corrected chi connectivity index (χ3v) is 2.94. The maximum Gasteiger partial charge on any atom is 0.129 e. The zero-order chi connectivity index (χ0) is 14.4. The summed E-state index contributed by atoms with van der Waals surface area (Å²) in [6.07, 6.45) is 0.705. The Morgan fingerprint density at radius 1 is 1.15 bits per heavy atom. The Morgan fingerprint density at radius 3 is 2.70 bits per heavy atom. The molecule has 0 aliphatic carbocycles. The molecule has 3 nitrogen and oxygen atoms in total. The molecule has 0 heterocycles. The van der Waals surface area contributed by atoms with Crippen molar-refractivity contribution in [2.45, 2.75) is 13.0 Å². The van der Waals surface area contributed by atoms with Gasteiger partial charge in [-0.3, -0.25) is 0 Å². The number of hydrogen-bond donors (Lipinski definition) is 1. The van der Waals surface area contributed by atoms with Crippen LogP contribution in [0.15, 0.2) is 42.5 Å². The molecule has 0 saturated carbocycles. The standard InChI is InChI=1S/C16H15FN2O/c17-15-6-5-12(10-19)9-14(15)11-20-16-4-2-1-3-13(16)7-8-18/h1-6,9H,7-8,11,18H2. The smallest absolute Gasteiger partial charge is 0.129 e. The van der Waals surface area contributed by atoms with Gasteiger partial charge in [0.15, 0.2) is 0 Å². The number of para-hydroxylation sites is 1. The number of ether oxygens (including phenoxy) is 1. The monoisotopic (exact) mass is 270 g/mol. The summed E-state index contributed by atoms with van der Waals surface area (Å²) in [4.78, 5) is 0. The minimum absolute atomic E-state index is 0.0862. The Kier molecular flexibility index (Phi) is 4.70. The summed E-state index contributed by atoms with van der Waals surface area (Å²) in [5.41, 5.74) is 7.32. The van der Waals surface area contributed by atoms with Gasteiger partial charge in [0.05, 0.1) is 11.6 Å². The maximum atomic E-state index is 13.6. The predicted octanol–water partition coefficient (Wildman–Crippen LogP) is 2.78. The fourth-order valence-electron chi connectivity index (χ4n) is 1.92. The molecule has 0 aliphatic rings. The number of halogens is 1. The molecule has 0 bridgehead atoms. The first-order valence-corrected chi connectivity index (χ1v) is 6.34. The van der Waals surface area contributed by atoms with E-state index in [9.17, 15) is 4.39 Å². The van der Waals surface area contributed by atoms with Crippen molar-refractivity contribution >= 4 is 0 Å². The van der Waals surface area contributed by atoms with Crippen LogP contribution in [0.25, 0.3) is 0 Å². The molecular formula is C16H15FN2O. The van der Waals surface area contributed by atoms with E-state index in [0.29, 0.717) is 29.8 Å². The molecule has 102 valence electrons. The fraction of sp³-hybridized carbons (Fsp3) is 0.188.